The summed E-state index contributed by atoms with van der Waals surface area (Å²) in [5.74, 6) is -1.14. The van der Waals surface area contributed by atoms with E-state index in [1.54, 1.807) is 73.7 Å². The first-order chi connectivity index (χ1) is 19.7. The van der Waals surface area contributed by atoms with E-state index < -0.39 is 17.1 Å². The first kappa shape index (κ1) is 29.9. The average Bonchev–Trinajstić information content (AvgIpc) is 2.96. The lowest BCUT2D eigenvalue weighted by molar-refractivity contribution is -0.115. The van der Waals surface area contributed by atoms with Crippen LogP contribution < -0.4 is 16.0 Å². The van der Waals surface area contributed by atoms with Crippen LogP contribution in [0, 0.1) is 6.92 Å². The van der Waals surface area contributed by atoms with Gasteiger partial charge in [-0.05, 0) is 68.0 Å². The summed E-state index contributed by atoms with van der Waals surface area (Å²) in [5.41, 5.74) is 3.30. The van der Waals surface area contributed by atoms with E-state index in [4.69, 9.17) is 23.2 Å². The van der Waals surface area contributed by atoms with Gasteiger partial charge in [-0.3, -0.25) is 14.4 Å². The molecule has 4 aromatic carbocycles. The molecule has 3 amide bonds. The van der Waals surface area contributed by atoms with E-state index in [1.807, 2.05) is 43.3 Å². The van der Waals surface area contributed by atoms with Crippen LogP contribution in [0.3, 0.4) is 0 Å². The number of hydrogen-bond acceptors (Lipinski definition) is 4. The van der Waals surface area contributed by atoms with Crippen molar-refractivity contribution in [2.75, 3.05) is 10.6 Å². The van der Waals surface area contributed by atoms with Crippen molar-refractivity contribution < 1.29 is 14.4 Å². The molecule has 9 heteroatoms. The molecule has 4 rings (SSSR count). The molecular weight excluding hydrogens is 577 g/mol. The number of carbonyl (C=O) groups excluding carboxylic acids is 3. The summed E-state index contributed by atoms with van der Waals surface area (Å²) in [6.45, 7) is 3.74. The number of nitrogens with one attached hydrogen (secondary N) is 3. The van der Waals surface area contributed by atoms with Crippen LogP contribution in [-0.2, 0) is 9.59 Å². The average molecular weight is 605 g/mol. The van der Waals surface area contributed by atoms with E-state index in [2.05, 4.69) is 16.0 Å². The molecule has 41 heavy (non-hydrogen) atoms. The van der Waals surface area contributed by atoms with Gasteiger partial charge in [-0.2, -0.15) is 0 Å². The van der Waals surface area contributed by atoms with Crippen molar-refractivity contribution in [1.82, 2.24) is 5.32 Å². The van der Waals surface area contributed by atoms with Crippen molar-refractivity contribution in [2.24, 2.45) is 0 Å². The van der Waals surface area contributed by atoms with E-state index in [0.717, 1.165) is 16.0 Å². The number of benzene rings is 4. The second-order valence-corrected chi connectivity index (χ2v) is 11.3. The summed E-state index contributed by atoms with van der Waals surface area (Å²) in [5, 5.41) is 8.55. The number of amides is 3. The molecule has 1 unspecified atom stereocenters. The Morgan fingerprint density at radius 2 is 1.54 bits per heavy atom. The summed E-state index contributed by atoms with van der Waals surface area (Å²) >= 11 is 13.6. The Morgan fingerprint density at radius 3 is 2.27 bits per heavy atom. The minimum absolute atomic E-state index is 0.0897. The summed E-state index contributed by atoms with van der Waals surface area (Å²) in [6, 6.07) is 28.4. The Kier molecular flexibility index (Phi) is 10.2. The first-order valence-corrected chi connectivity index (χ1v) is 14.3. The number of carbonyl (C=O) groups is 3. The Labute approximate surface area is 253 Å². The highest BCUT2D eigenvalue weighted by Crippen LogP contribution is 2.31. The fourth-order valence-corrected chi connectivity index (χ4v) is 4.98. The van der Waals surface area contributed by atoms with Gasteiger partial charge in [0.1, 0.15) is 5.70 Å². The SMILES string of the molecule is Cc1ccc(/C=C(/NC(=O)c2ccccc2)C(=O)Nc2cccc(SC(C)C(=O)Nc3cccc(Cl)c3Cl)c2)cc1. The third-order valence-electron chi connectivity index (χ3n) is 5.90. The molecule has 4 aromatic rings. The van der Waals surface area contributed by atoms with Gasteiger partial charge >= 0.3 is 0 Å². The largest absolute Gasteiger partial charge is 0.324 e. The Morgan fingerprint density at radius 1 is 0.829 bits per heavy atom. The van der Waals surface area contributed by atoms with Gasteiger partial charge in [-0.15, -0.1) is 11.8 Å². The topological polar surface area (TPSA) is 87.3 Å². The Bertz CT molecular complexity index is 1590. The van der Waals surface area contributed by atoms with Crippen LogP contribution in [0.5, 0.6) is 0 Å². The summed E-state index contributed by atoms with van der Waals surface area (Å²) < 4.78 is 0. The van der Waals surface area contributed by atoms with Crippen molar-refractivity contribution in [3.8, 4) is 0 Å². The monoisotopic (exact) mass is 603 g/mol. The minimum Gasteiger partial charge on any atom is -0.324 e. The molecule has 0 radical (unpaired) electrons. The Hall–Kier alpha value is -4.04. The third-order valence-corrected chi connectivity index (χ3v) is 7.81. The maximum Gasteiger partial charge on any atom is 0.272 e. The van der Waals surface area contributed by atoms with E-state index in [-0.39, 0.29) is 16.6 Å². The number of halogens is 2. The third kappa shape index (κ3) is 8.47. The second-order valence-electron chi connectivity index (χ2n) is 9.12. The van der Waals surface area contributed by atoms with Crippen LogP contribution in [0.1, 0.15) is 28.4 Å². The molecule has 0 aromatic heterocycles. The van der Waals surface area contributed by atoms with Gasteiger partial charge in [-0.1, -0.05) is 83.4 Å². The van der Waals surface area contributed by atoms with Crippen LogP contribution in [-0.4, -0.2) is 23.0 Å². The second kappa shape index (κ2) is 14.0. The normalized spacial score (nSPS) is 11.9. The standard InChI is InChI=1S/C32H27Cl2N3O3S/c1-20-14-16-22(17-15-20)18-28(37-31(39)23-8-4-3-5-9-23)32(40)35-24-10-6-11-25(19-24)41-21(2)30(38)36-27-13-7-12-26(33)29(27)34/h3-19,21H,1-2H3,(H,35,40)(H,36,38)(H,37,39)/b28-18+. The molecule has 0 saturated heterocycles. The molecule has 0 bridgehead atoms. The van der Waals surface area contributed by atoms with E-state index in [0.29, 0.717) is 22.0 Å². The summed E-state index contributed by atoms with van der Waals surface area (Å²) in [7, 11) is 0. The lowest BCUT2D eigenvalue weighted by atomic mass is 10.1. The van der Waals surface area contributed by atoms with Crippen molar-refractivity contribution >= 4 is 70.1 Å². The van der Waals surface area contributed by atoms with E-state index in [1.165, 1.54) is 11.8 Å². The molecule has 6 nitrogen and oxygen atoms in total. The fourth-order valence-electron chi connectivity index (χ4n) is 3.71. The van der Waals surface area contributed by atoms with Gasteiger partial charge in [0.25, 0.3) is 11.8 Å². The van der Waals surface area contributed by atoms with E-state index in [9.17, 15) is 14.4 Å². The highest BCUT2D eigenvalue weighted by Gasteiger charge is 2.18. The van der Waals surface area contributed by atoms with E-state index >= 15 is 0 Å². The van der Waals surface area contributed by atoms with Gasteiger partial charge in [0.15, 0.2) is 0 Å². The molecule has 1 atom stereocenters. The predicted molar refractivity (Wildman–Crippen MR) is 169 cm³/mol. The molecule has 0 aliphatic heterocycles. The lowest BCUT2D eigenvalue weighted by Gasteiger charge is -2.15. The molecule has 208 valence electrons. The van der Waals surface area contributed by atoms with Gasteiger partial charge in [0, 0.05) is 16.1 Å². The molecule has 0 saturated carbocycles. The molecule has 0 heterocycles. The zero-order chi connectivity index (χ0) is 29.4. The zero-order valence-electron chi connectivity index (χ0n) is 22.3. The maximum absolute atomic E-state index is 13.4. The van der Waals surface area contributed by atoms with Crippen molar-refractivity contribution in [3.63, 3.8) is 0 Å². The number of aryl methyl sites for hydroxylation is 1. The number of rotatable bonds is 9. The van der Waals surface area contributed by atoms with Gasteiger partial charge in [0.2, 0.25) is 5.91 Å². The minimum atomic E-state index is -0.488. The molecule has 0 aliphatic carbocycles. The molecule has 0 aliphatic rings. The number of hydrogen-bond donors (Lipinski definition) is 3. The first-order valence-electron chi connectivity index (χ1n) is 12.7. The molecule has 0 spiro atoms. The Balaban J connectivity index is 1.48. The van der Waals surface area contributed by atoms with Crippen molar-refractivity contribution in [1.29, 1.82) is 0 Å². The smallest absolute Gasteiger partial charge is 0.272 e. The van der Waals surface area contributed by atoms with Crippen molar-refractivity contribution in [2.45, 2.75) is 24.0 Å². The number of thioether (sulfide) groups is 1. The van der Waals surface area contributed by atoms with Gasteiger partial charge in [-0.25, -0.2) is 0 Å². The summed E-state index contributed by atoms with van der Waals surface area (Å²) in [6.07, 6.45) is 1.63. The number of anilines is 2. The maximum atomic E-state index is 13.4. The lowest BCUT2D eigenvalue weighted by Crippen LogP contribution is -2.30. The molecule has 3 N–H and O–H groups in total. The predicted octanol–water partition coefficient (Wildman–Crippen LogP) is 7.83. The molecular formula is C32H27Cl2N3O3S. The fraction of sp³-hybridized carbons (Fsp3) is 0.0938. The van der Waals surface area contributed by atoms with Crippen LogP contribution in [0.4, 0.5) is 11.4 Å². The van der Waals surface area contributed by atoms with Crippen LogP contribution in [0.15, 0.2) is 108 Å². The van der Waals surface area contributed by atoms with Crippen LogP contribution in [0.25, 0.3) is 6.08 Å². The molecule has 0 fully saturated rings. The highest BCUT2D eigenvalue weighted by atomic mass is 35.5. The van der Waals surface area contributed by atoms with Crippen LogP contribution in [0.2, 0.25) is 10.0 Å². The highest BCUT2D eigenvalue weighted by molar-refractivity contribution is 8.00. The van der Waals surface area contributed by atoms with Crippen molar-refractivity contribution in [3.05, 3.63) is 129 Å². The zero-order valence-corrected chi connectivity index (χ0v) is 24.6. The summed E-state index contributed by atoms with van der Waals surface area (Å²) in [4.78, 5) is 39.8. The quantitative estimate of drug-likeness (QED) is 0.134. The van der Waals surface area contributed by atoms with Gasteiger partial charge < -0.3 is 16.0 Å². The van der Waals surface area contributed by atoms with Crippen LogP contribution >= 0.6 is 35.0 Å². The van der Waals surface area contributed by atoms with Gasteiger partial charge in [0.05, 0.1) is 21.0 Å².